The van der Waals surface area contributed by atoms with Gasteiger partial charge in [-0.25, -0.2) is 0 Å². The topological polar surface area (TPSA) is 39.1 Å². The predicted octanol–water partition coefficient (Wildman–Crippen LogP) is 2.32. The van der Waals surface area contributed by atoms with Crippen LogP contribution >= 0.6 is 0 Å². The fourth-order valence-electron chi connectivity index (χ4n) is 2.37. The van der Waals surface area contributed by atoms with Crippen molar-refractivity contribution in [2.24, 2.45) is 7.05 Å². The van der Waals surface area contributed by atoms with Crippen molar-refractivity contribution in [2.75, 3.05) is 13.7 Å². The van der Waals surface area contributed by atoms with Crippen LogP contribution in [0, 0.1) is 0 Å². The summed E-state index contributed by atoms with van der Waals surface area (Å²) in [5, 5.41) is 8.07. The van der Waals surface area contributed by atoms with E-state index in [-0.39, 0.29) is 5.60 Å². The number of rotatable bonds is 8. The standard InChI is InChI=1S/C15H29N3O/c1-7-12-9-14(18(5)17-12)10-13(16-8-2)11-15(3,4)19-6/h9,13,16H,7-8,10-11H2,1-6H3. The number of nitrogens with zero attached hydrogens (tertiary/aromatic N) is 2. The van der Waals surface area contributed by atoms with Gasteiger partial charge in [0.25, 0.3) is 0 Å². The second kappa shape index (κ2) is 7.06. The smallest absolute Gasteiger partial charge is 0.0637 e. The molecule has 1 atom stereocenters. The van der Waals surface area contributed by atoms with E-state index >= 15 is 0 Å². The van der Waals surface area contributed by atoms with Gasteiger partial charge >= 0.3 is 0 Å². The molecule has 1 heterocycles. The Labute approximate surface area is 117 Å². The lowest BCUT2D eigenvalue weighted by Crippen LogP contribution is -2.39. The van der Waals surface area contributed by atoms with Gasteiger partial charge in [-0.2, -0.15) is 5.10 Å². The molecule has 0 bridgehead atoms. The zero-order chi connectivity index (χ0) is 14.5. The molecule has 0 saturated heterocycles. The molecule has 1 aromatic rings. The second-order valence-electron chi connectivity index (χ2n) is 5.73. The molecule has 110 valence electrons. The Morgan fingerprint density at radius 2 is 2.11 bits per heavy atom. The lowest BCUT2D eigenvalue weighted by Gasteiger charge is -2.29. The van der Waals surface area contributed by atoms with Crippen molar-refractivity contribution >= 4 is 0 Å². The number of hydrogen-bond donors (Lipinski definition) is 1. The highest BCUT2D eigenvalue weighted by atomic mass is 16.5. The number of ether oxygens (including phenoxy) is 1. The van der Waals surface area contributed by atoms with Gasteiger partial charge in [-0.3, -0.25) is 4.68 Å². The van der Waals surface area contributed by atoms with Crippen molar-refractivity contribution < 1.29 is 4.74 Å². The molecule has 0 amide bonds. The normalized spacial score (nSPS) is 13.8. The fraction of sp³-hybridized carbons (Fsp3) is 0.800. The van der Waals surface area contributed by atoms with Gasteiger partial charge in [-0.05, 0) is 39.3 Å². The summed E-state index contributed by atoms with van der Waals surface area (Å²) in [6.07, 6.45) is 2.97. The van der Waals surface area contributed by atoms with Gasteiger partial charge in [0.2, 0.25) is 0 Å². The Bertz CT molecular complexity index is 385. The van der Waals surface area contributed by atoms with E-state index in [0.29, 0.717) is 6.04 Å². The third kappa shape index (κ3) is 4.96. The van der Waals surface area contributed by atoms with E-state index in [1.165, 1.54) is 11.4 Å². The Morgan fingerprint density at radius 1 is 1.42 bits per heavy atom. The number of methoxy groups -OCH3 is 1. The Morgan fingerprint density at radius 3 is 2.58 bits per heavy atom. The van der Waals surface area contributed by atoms with Crippen LogP contribution in [0.25, 0.3) is 0 Å². The van der Waals surface area contributed by atoms with Gasteiger partial charge in [0.1, 0.15) is 0 Å². The van der Waals surface area contributed by atoms with E-state index in [1.807, 2.05) is 11.7 Å². The number of aromatic nitrogens is 2. The third-order valence-corrected chi connectivity index (χ3v) is 3.63. The van der Waals surface area contributed by atoms with E-state index in [1.54, 1.807) is 7.11 Å². The minimum Gasteiger partial charge on any atom is -0.379 e. The molecular formula is C15H29N3O. The van der Waals surface area contributed by atoms with Crippen LogP contribution in [0.3, 0.4) is 0 Å². The second-order valence-corrected chi connectivity index (χ2v) is 5.73. The molecule has 1 aromatic heterocycles. The Kier molecular flexibility index (Phi) is 6.01. The molecule has 0 aromatic carbocycles. The van der Waals surface area contributed by atoms with Crippen LogP contribution in [0.2, 0.25) is 0 Å². The first-order chi connectivity index (χ1) is 8.91. The van der Waals surface area contributed by atoms with Crippen LogP contribution in [-0.4, -0.2) is 35.1 Å². The van der Waals surface area contributed by atoms with E-state index < -0.39 is 0 Å². The molecule has 0 aliphatic rings. The van der Waals surface area contributed by atoms with Crippen molar-refractivity contribution in [1.29, 1.82) is 0 Å². The monoisotopic (exact) mass is 267 g/mol. The summed E-state index contributed by atoms with van der Waals surface area (Å²) in [6.45, 7) is 9.54. The van der Waals surface area contributed by atoms with Gasteiger partial charge in [0.15, 0.2) is 0 Å². The summed E-state index contributed by atoms with van der Waals surface area (Å²) in [6, 6.07) is 2.63. The van der Waals surface area contributed by atoms with Gasteiger partial charge in [-0.1, -0.05) is 13.8 Å². The minimum atomic E-state index is -0.0982. The molecule has 0 aliphatic heterocycles. The molecule has 0 aliphatic carbocycles. The lowest BCUT2D eigenvalue weighted by molar-refractivity contribution is 0.00713. The predicted molar refractivity (Wildman–Crippen MR) is 79.5 cm³/mol. The summed E-state index contributed by atoms with van der Waals surface area (Å²) >= 11 is 0. The van der Waals surface area contributed by atoms with Gasteiger partial charge in [-0.15, -0.1) is 0 Å². The van der Waals surface area contributed by atoms with Gasteiger partial charge in [0.05, 0.1) is 11.3 Å². The van der Waals surface area contributed by atoms with E-state index in [0.717, 1.165) is 25.8 Å². The average molecular weight is 267 g/mol. The number of hydrogen-bond acceptors (Lipinski definition) is 3. The van der Waals surface area contributed by atoms with Crippen molar-refractivity contribution in [1.82, 2.24) is 15.1 Å². The first kappa shape index (κ1) is 16.2. The zero-order valence-corrected chi connectivity index (χ0v) is 13.3. The molecule has 4 heteroatoms. The molecule has 1 rings (SSSR count). The highest BCUT2D eigenvalue weighted by molar-refractivity contribution is 5.11. The molecule has 0 saturated carbocycles. The van der Waals surface area contributed by atoms with Crippen molar-refractivity contribution in [3.63, 3.8) is 0 Å². The molecule has 0 spiro atoms. The third-order valence-electron chi connectivity index (χ3n) is 3.63. The quantitative estimate of drug-likeness (QED) is 0.785. The number of likely N-dealkylation sites (N-methyl/N-ethyl adjacent to an activating group) is 1. The summed E-state index contributed by atoms with van der Waals surface area (Å²) in [7, 11) is 3.81. The average Bonchev–Trinajstić information content (AvgIpc) is 2.70. The molecule has 0 fully saturated rings. The molecule has 0 radical (unpaired) electrons. The van der Waals surface area contributed by atoms with Crippen LogP contribution in [0.4, 0.5) is 0 Å². The van der Waals surface area contributed by atoms with Crippen molar-refractivity contribution in [3.05, 3.63) is 17.5 Å². The van der Waals surface area contributed by atoms with Crippen LogP contribution in [0.5, 0.6) is 0 Å². The first-order valence-corrected chi connectivity index (χ1v) is 7.22. The lowest BCUT2D eigenvalue weighted by atomic mass is 9.95. The van der Waals surface area contributed by atoms with Crippen LogP contribution < -0.4 is 5.32 Å². The summed E-state index contributed by atoms with van der Waals surface area (Å²) in [4.78, 5) is 0. The summed E-state index contributed by atoms with van der Waals surface area (Å²) < 4.78 is 7.55. The van der Waals surface area contributed by atoms with Crippen molar-refractivity contribution in [3.8, 4) is 0 Å². The molecular weight excluding hydrogens is 238 g/mol. The zero-order valence-electron chi connectivity index (χ0n) is 13.3. The van der Waals surface area contributed by atoms with Gasteiger partial charge in [0, 0.05) is 32.3 Å². The Balaban J connectivity index is 2.74. The van der Waals surface area contributed by atoms with Crippen LogP contribution in [0.15, 0.2) is 6.07 Å². The molecule has 1 unspecified atom stereocenters. The SMILES string of the molecule is CCNC(Cc1cc(CC)nn1C)CC(C)(C)OC. The summed E-state index contributed by atoms with van der Waals surface area (Å²) in [5.41, 5.74) is 2.35. The summed E-state index contributed by atoms with van der Waals surface area (Å²) in [5.74, 6) is 0. The molecule has 1 N–H and O–H groups in total. The highest BCUT2D eigenvalue weighted by Crippen LogP contribution is 2.18. The minimum absolute atomic E-state index is 0.0982. The van der Waals surface area contributed by atoms with Crippen LogP contribution in [0.1, 0.15) is 45.5 Å². The van der Waals surface area contributed by atoms with Gasteiger partial charge < -0.3 is 10.1 Å². The van der Waals surface area contributed by atoms with E-state index in [2.05, 4.69) is 44.2 Å². The fourth-order valence-corrected chi connectivity index (χ4v) is 2.37. The molecule has 4 nitrogen and oxygen atoms in total. The maximum absolute atomic E-state index is 5.55. The first-order valence-electron chi connectivity index (χ1n) is 7.22. The largest absolute Gasteiger partial charge is 0.379 e. The number of nitrogens with one attached hydrogen (secondary N) is 1. The van der Waals surface area contributed by atoms with Crippen LogP contribution in [-0.2, 0) is 24.6 Å². The van der Waals surface area contributed by atoms with Crippen molar-refractivity contribution in [2.45, 2.75) is 58.6 Å². The maximum atomic E-state index is 5.55. The van der Waals surface area contributed by atoms with E-state index in [9.17, 15) is 0 Å². The highest BCUT2D eigenvalue weighted by Gasteiger charge is 2.23. The molecule has 19 heavy (non-hydrogen) atoms. The Hall–Kier alpha value is -0.870. The number of aryl methyl sites for hydroxylation is 2. The van der Waals surface area contributed by atoms with E-state index in [4.69, 9.17) is 4.74 Å². The maximum Gasteiger partial charge on any atom is 0.0637 e.